The first kappa shape index (κ1) is 22.6. The molecule has 1 aromatic heterocycles. The SMILES string of the molecule is Cc1cn(-c2ccc(C#N)c(Br)c2)c2c1C(=O)CCC2.N#CC#N.c1ccccc1. The van der Waals surface area contributed by atoms with Crippen LogP contribution < -0.4 is 0 Å². The summed E-state index contributed by atoms with van der Waals surface area (Å²) in [7, 11) is 0. The maximum atomic E-state index is 12.1. The molecular weight excluding hydrogens is 440 g/mol. The number of nitriles is 3. The van der Waals surface area contributed by atoms with Crippen LogP contribution in [0.2, 0.25) is 0 Å². The van der Waals surface area contributed by atoms with E-state index in [1.165, 1.54) is 12.1 Å². The van der Waals surface area contributed by atoms with Crippen molar-refractivity contribution in [3.05, 3.63) is 87.7 Å². The molecule has 0 atom stereocenters. The third kappa shape index (κ3) is 5.67. The predicted molar refractivity (Wildman–Crippen MR) is 118 cm³/mol. The molecule has 4 rings (SSSR count). The zero-order chi connectivity index (χ0) is 21.9. The van der Waals surface area contributed by atoms with Crippen molar-refractivity contribution in [2.24, 2.45) is 0 Å². The fourth-order valence-corrected chi connectivity index (χ4v) is 3.67. The second kappa shape index (κ2) is 11.4. The molecule has 1 aliphatic rings. The van der Waals surface area contributed by atoms with Crippen LogP contribution in [0.1, 0.15) is 40.0 Å². The molecule has 0 saturated heterocycles. The number of aromatic nitrogens is 1. The Labute approximate surface area is 184 Å². The molecule has 0 unspecified atom stereocenters. The number of Topliss-reactive ketones (excluding diaryl/α,β-unsaturated/α-hetero) is 1. The van der Waals surface area contributed by atoms with Crippen molar-refractivity contribution >= 4 is 21.7 Å². The highest BCUT2D eigenvalue weighted by atomic mass is 79.9. The molecule has 30 heavy (non-hydrogen) atoms. The number of fused-ring (bicyclic) bond motifs is 1. The molecule has 1 heterocycles. The lowest BCUT2D eigenvalue weighted by molar-refractivity contribution is 0.0971. The van der Waals surface area contributed by atoms with Gasteiger partial charge in [0.2, 0.25) is 0 Å². The van der Waals surface area contributed by atoms with Gasteiger partial charge in [-0.3, -0.25) is 4.79 Å². The molecule has 3 aromatic rings. The van der Waals surface area contributed by atoms with E-state index in [0.29, 0.717) is 12.0 Å². The van der Waals surface area contributed by atoms with Crippen molar-refractivity contribution in [1.29, 1.82) is 15.8 Å². The molecule has 2 aromatic carbocycles. The van der Waals surface area contributed by atoms with E-state index >= 15 is 0 Å². The molecular formula is C24H19BrN4O. The van der Waals surface area contributed by atoms with Crippen molar-refractivity contribution in [3.63, 3.8) is 0 Å². The smallest absolute Gasteiger partial charge is 0.181 e. The molecule has 0 radical (unpaired) electrons. The normalized spacial score (nSPS) is 11.2. The van der Waals surface area contributed by atoms with Gasteiger partial charge < -0.3 is 4.57 Å². The Bertz CT molecular complexity index is 1110. The summed E-state index contributed by atoms with van der Waals surface area (Å²) >= 11 is 3.42. The van der Waals surface area contributed by atoms with Crippen LogP contribution in [0.15, 0.2) is 65.3 Å². The Morgan fingerprint density at radius 1 is 0.967 bits per heavy atom. The highest BCUT2D eigenvalue weighted by molar-refractivity contribution is 9.10. The number of rotatable bonds is 1. The Morgan fingerprint density at radius 2 is 1.57 bits per heavy atom. The molecule has 6 heteroatoms. The number of ketones is 1. The first-order valence-electron chi connectivity index (χ1n) is 9.25. The molecule has 0 amide bonds. The topological polar surface area (TPSA) is 93.4 Å². The minimum absolute atomic E-state index is 0.246. The van der Waals surface area contributed by atoms with Crippen molar-refractivity contribution in [1.82, 2.24) is 4.57 Å². The number of benzene rings is 2. The fraction of sp³-hybridized carbons (Fsp3) is 0.167. The monoisotopic (exact) mass is 458 g/mol. The maximum Gasteiger partial charge on any atom is 0.181 e. The average molecular weight is 459 g/mol. The molecule has 0 N–H and O–H groups in total. The van der Waals surface area contributed by atoms with Gasteiger partial charge in [-0.1, -0.05) is 36.4 Å². The largest absolute Gasteiger partial charge is 0.320 e. The van der Waals surface area contributed by atoms with Crippen molar-refractivity contribution in [2.45, 2.75) is 26.2 Å². The number of halogens is 1. The summed E-state index contributed by atoms with van der Waals surface area (Å²) < 4.78 is 2.85. The first-order chi connectivity index (χ1) is 14.5. The average Bonchev–Trinajstić information content (AvgIpc) is 3.13. The van der Waals surface area contributed by atoms with Gasteiger partial charge in [0.1, 0.15) is 6.07 Å². The molecule has 1 aliphatic carbocycles. The van der Waals surface area contributed by atoms with Gasteiger partial charge in [0.15, 0.2) is 17.9 Å². The van der Waals surface area contributed by atoms with E-state index < -0.39 is 0 Å². The van der Waals surface area contributed by atoms with E-state index in [2.05, 4.69) is 26.6 Å². The third-order valence-electron chi connectivity index (χ3n) is 4.46. The first-order valence-corrected chi connectivity index (χ1v) is 10.0. The Kier molecular flexibility index (Phi) is 8.57. The van der Waals surface area contributed by atoms with E-state index in [1.54, 1.807) is 6.07 Å². The van der Waals surface area contributed by atoms with Crippen LogP contribution in [-0.4, -0.2) is 10.4 Å². The Balaban J connectivity index is 0.000000265. The molecule has 148 valence electrons. The zero-order valence-corrected chi connectivity index (χ0v) is 18.1. The summed E-state index contributed by atoms with van der Waals surface area (Å²) in [5.41, 5.74) is 4.61. The van der Waals surface area contributed by atoms with Crippen molar-refractivity contribution in [2.75, 3.05) is 0 Å². The van der Waals surface area contributed by atoms with E-state index in [-0.39, 0.29) is 5.78 Å². The van der Waals surface area contributed by atoms with Gasteiger partial charge in [-0.05, 0) is 59.5 Å². The van der Waals surface area contributed by atoms with Crippen LogP contribution in [0.5, 0.6) is 0 Å². The summed E-state index contributed by atoms with van der Waals surface area (Å²) in [6, 6.07) is 22.3. The van der Waals surface area contributed by atoms with E-state index in [4.69, 9.17) is 15.8 Å². The van der Waals surface area contributed by atoms with Gasteiger partial charge in [0, 0.05) is 34.0 Å². The molecule has 0 saturated carbocycles. The van der Waals surface area contributed by atoms with Crippen LogP contribution in [0, 0.1) is 40.9 Å². The van der Waals surface area contributed by atoms with Crippen LogP contribution >= 0.6 is 15.9 Å². The van der Waals surface area contributed by atoms with Crippen molar-refractivity contribution < 1.29 is 4.79 Å². The quantitative estimate of drug-likeness (QED) is 0.469. The standard InChI is InChI=1S/C16H13BrN2O.C6H6.C2N2/c1-10-9-19(14-3-2-4-15(20)16(10)14)12-6-5-11(8-18)13(17)7-12;1-2-4-6-5-3-1;3-1-2-4/h5-7,9H,2-4H2,1H3;1-6H;. The summed E-state index contributed by atoms with van der Waals surface area (Å²) in [5.74, 6) is 0.246. The predicted octanol–water partition coefficient (Wildman–Crippen LogP) is 5.66. The Hall–Kier alpha value is -3.66. The number of nitrogens with zero attached hydrogens (tertiary/aromatic N) is 4. The summed E-state index contributed by atoms with van der Waals surface area (Å²) in [4.78, 5) is 12.1. The minimum atomic E-state index is 0.246. The Morgan fingerprint density at radius 3 is 2.07 bits per heavy atom. The zero-order valence-electron chi connectivity index (χ0n) is 16.5. The lowest BCUT2D eigenvalue weighted by Gasteiger charge is -2.15. The van der Waals surface area contributed by atoms with E-state index in [1.807, 2.05) is 61.7 Å². The number of hydrogen-bond acceptors (Lipinski definition) is 4. The number of carbonyl (C=O) groups excluding carboxylic acids is 1. The van der Waals surface area contributed by atoms with Gasteiger partial charge in [-0.25, -0.2) is 0 Å². The second-order valence-corrected chi connectivity index (χ2v) is 7.29. The molecule has 5 nitrogen and oxygen atoms in total. The molecule has 0 fully saturated rings. The van der Waals surface area contributed by atoms with E-state index in [9.17, 15) is 4.79 Å². The van der Waals surface area contributed by atoms with Gasteiger partial charge in [0.25, 0.3) is 0 Å². The summed E-state index contributed by atoms with van der Waals surface area (Å²) in [6.45, 7) is 1.98. The van der Waals surface area contributed by atoms with Crippen molar-refractivity contribution in [3.8, 4) is 23.9 Å². The summed E-state index contributed by atoms with van der Waals surface area (Å²) in [6.07, 6.45) is 4.50. The molecule has 0 aliphatic heterocycles. The van der Waals surface area contributed by atoms with Gasteiger partial charge in [-0.2, -0.15) is 15.8 Å². The van der Waals surface area contributed by atoms with Gasteiger partial charge >= 0.3 is 0 Å². The van der Waals surface area contributed by atoms with Crippen LogP contribution in [0.4, 0.5) is 0 Å². The van der Waals surface area contributed by atoms with Gasteiger partial charge in [-0.15, -0.1) is 0 Å². The van der Waals surface area contributed by atoms with E-state index in [0.717, 1.165) is 39.8 Å². The van der Waals surface area contributed by atoms with Crippen LogP contribution in [0.25, 0.3) is 5.69 Å². The van der Waals surface area contributed by atoms with Gasteiger partial charge in [0.05, 0.1) is 5.56 Å². The number of aryl methyl sites for hydroxylation is 1. The lowest BCUT2D eigenvalue weighted by atomic mass is 9.94. The maximum absolute atomic E-state index is 12.1. The number of hydrogen-bond donors (Lipinski definition) is 0. The second-order valence-electron chi connectivity index (χ2n) is 6.43. The molecule has 0 bridgehead atoms. The summed E-state index contributed by atoms with van der Waals surface area (Å²) in [5, 5.41) is 23.5. The minimum Gasteiger partial charge on any atom is -0.320 e. The highest BCUT2D eigenvalue weighted by Crippen LogP contribution is 2.30. The van der Waals surface area contributed by atoms with Crippen LogP contribution in [0.3, 0.4) is 0 Å². The number of carbonyl (C=O) groups is 1. The molecule has 0 spiro atoms. The highest BCUT2D eigenvalue weighted by Gasteiger charge is 2.24. The third-order valence-corrected chi connectivity index (χ3v) is 5.12. The van der Waals surface area contributed by atoms with Crippen LogP contribution in [-0.2, 0) is 6.42 Å². The lowest BCUT2D eigenvalue weighted by Crippen LogP contribution is -2.13. The fourth-order valence-electron chi connectivity index (χ4n) is 3.21.